The summed E-state index contributed by atoms with van der Waals surface area (Å²) in [4.78, 5) is 2.38. The van der Waals surface area contributed by atoms with Crippen LogP contribution in [0.4, 0.5) is 0 Å². The largest absolute Gasteiger partial charge is 0.393 e. The first kappa shape index (κ1) is 12.0. The van der Waals surface area contributed by atoms with E-state index in [1.54, 1.807) is 0 Å². The first-order valence-electron chi connectivity index (χ1n) is 5.44. The summed E-state index contributed by atoms with van der Waals surface area (Å²) in [7, 11) is 0. The Morgan fingerprint density at radius 3 is 2.71 bits per heavy atom. The standard InChI is InChI=1S/C11H23NO2/c1-9-7-12(5-6-14-9)8-11(3,4)10(2)13/h9-10,13H,5-8H2,1-4H3. The molecule has 1 aliphatic rings. The molecule has 1 rings (SSSR count). The zero-order valence-corrected chi connectivity index (χ0v) is 9.79. The number of rotatable bonds is 3. The minimum Gasteiger partial charge on any atom is -0.393 e. The molecule has 84 valence electrons. The van der Waals surface area contributed by atoms with E-state index >= 15 is 0 Å². The van der Waals surface area contributed by atoms with Gasteiger partial charge in [0.15, 0.2) is 0 Å². The van der Waals surface area contributed by atoms with Gasteiger partial charge in [-0.1, -0.05) is 13.8 Å². The van der Waals surface area contributed by atoms with Gasteiger partial charge in [-0.05, 0) is 13.8 Å². The Labute approximate surface area is 87.1 Å². The van der Waals surface area contributed by atoms with Crippen molar-refractivity contribution in [3.05, 3.63) is 0 Å². The third-order valence-electron chi connectivity index (χ3n) is 3.09. The van der Waals surface area contributed by atoms with Crippen LogP contribution in [0.15, 0.2) is 0 Å². The molecule has 0 amide bonds. The van der Waals surface area contributed by atoms with Gasteiger partial charge in [-0.3, -0.25) is 4.90 Å². The summed E-state index contributed by atoms with van der Waals surface area (Å²) in [6.07, 6.45) is 0.0641. The Balaban J connectivity index is 2.43. The van der Waals surface area contributed by atoms with Crippen LogP contribution in [0.2, 0.25) is 0 Å². The zero-order valence-electron chi connectivity index (χ0n) is 9.79. The van der Waals surface area contributed by atoms with E-state index in [0.717, 1.165) is 26.2 Å². The van der Waals surface area contributed by atoms with Gasteiger partial charge in [0.2, 0.25) is 0 Å². The van der Waals surface area contributed by atoms with Crippen molar-refractivity contribution in [3.63, 3.8) is 0 Å². The quantitative estimate of drug-likeness (QED) is 0.742. The molecule has 2 atom stereocenters. The number of morpholine rings is 1. The molecule has 0 aromatic carbocycles. The molecule has 2 unspecified atom stereocenters. The first-order chi connectivity index (χ1) is 6.42. The Kier molecular flexibility index (Phi) is 3.93. The van der Waals surface area contributed by atoms with E-state index in [4.69, 9.17) is 4.74 Å². The van der Waals surface area contributed by atoms with Crippen LogP contribution < -0.4 is 0 Å². The third-order valence-corrected chi connectivity index (χ3v) is 3.09. The Hall–Kier alpha value is -0.120. The molecule has 0 aromatic heterocycles. The lowest BCUT2D eigenvalue weighted by Crippen LogP contribution is -2.47. The highest BCUT2D eigenvalue weighted by molar-refractivity contribution is 4.80. The molecule has 1 heterocycles. The molecule has 0 spiro atoms. The fourth-order valence-electron chi connectivity index (χ4n) is 1.74. The summed E-state index contributed by atoms with van der Waals surface area (Å²) in [5.74, 6) is 0. The van der Waals surface area contributed by atoms with E-state index in [-0.39, 0.29) is 11.5 Å². The molecular formula is C11H23NO2. The molecule has 0 saturated carbocycles. The summed E-state index contributed by atoms with van der Waals surface area (Å²) >= 11 is 0. The summed E-state index contributed by atoms with van der Waals surface area (Å²) in [5.41, 5.74) is -0.0307. The highest BCUT2D eigenvalue weighted by atomic mass is 16.5. The minimum atomic E-state index is -0.263. The third kappa shape index (κ3) is 3.23. The SMILES string of the molecule is CC1CN(CC(C)(C)C(C)O)CCO1. The minimum absolute atomic E-state index is 0.0307. The second-order valence-electron chi connectivity index (χ2n) is 5.08. The van der Waals surface area contributed by atoms with Crippen LogP contribution in [0.5, 0.6) is 0 Å². The number of hydrogen-bond donors (Lipinski definition) is 1. The van der Waals surface area contributed by atoms with E-state index in [9.17, 15) is 5.11 Å². The highest BCUT2D eigenvalue weighted by Gasteiger charge is 2.28. The zero-order chi connectivity index (χ0) is 10.8. The molecule has 14 heavy (non-hydrogen) atoms. The molecular weight excluding hydrogens is 178 g/mol. The van der Waals surface area contributed by atoms with Crippen LogP contribution in [0, 0.1) is 5.41 Å². The molecule has 1 saturated heterocycles. The van der Waals surface area contributed by atoms with Crippen molar-refractivity contribution in [2.24, 2.45) is 5.41 Å². The van der Waals surface area contributed by atoms with Crippen molar-refractivity contribution < 1.29 is 9.84 Å². The number of aliphatic hydroxyl groups is 1. The maximum atomic E-state index is 9.62. The van der Waals surface area contributed by atoms with E-state index < -0.39 is 0 Å². The number of ether oxygens (including phenoxy) is 1. The lowest BCUT2D eigenvalue weighted by Gasteiger charge is -2.38. The summed E-state index contributed by atoms with van der Waals surface area (Å²) in [5, 5.41) is 9.62. The van der Waals surface area contributed by atoms with Crippen molar-refractivity contribution >= 4 is 0 Å². The molecule has 3 heteroatoms. The van der Waals surface area contributed by atoms with E-state index in [1.807, 2.05) is 6.92 Å². The van der Waals surface area contributed by atoms with Gasteiger partial charge < -0.3 is 9.84 Å². The van der Waals surface area contributed by atoms with Crippen LogP contribution in [-0.4, -0.2) is 48.5 Å². The Morgan fingerprint density at radius 2 is 2.21 bits per heavy atom. The van der Waals surface area contributed by atoms with Crippen LogP contribution in [0.1, 0.15) is 27.7 Å². The molecule has 0 aromatic rings. The van der Waals surface area contributed by atoms with E-state index in [0.29, 0.717) is 6.10 Å². The van der Waals surface area contributed by atoms with Crippen molar-refractivity contribution in [1.82, 2.24) is 4.90 Å². The topological polar surface area (TPSA) is 32.7 Å². The van der Waals surface area contributed by atoms with Gasteiger partial charge in [-0.2, -0.15) is 0 Å². The van der Waals surface area contributed by atoms with Crippen molar-refractivity contribution in [2.75, 3.05) is 26.2 Å². The molecule has 0 aliphatic carbocycles. The summed E-state index contributed by atoms with van der Waals surface area (Å²) in [6, 6.07) is 0. The van der Waals surface area contributed by atoms with Crippen molar-refractivity contribution in [1.29, 1.82) is 0 Å². The predicted molar refractivity (Wildman–Crippen MR) is 57.3 cm³/mol. The Morgan fingerprint density at radius 1 is 1.57 bits per heavy atom. The van der Waals surface area contributed by atoms with Gasteiger partial charge >= 0.3 is 0 Å². The first-order valence-corrected chi connectivity index (χ1v) is 5.44. The molecule has 3 nitrogen and oxygen atoms in total. The van der Waals surface area contributed by atoms with Crippen LogP contribution in [0.3, 0.4) is 0 Å². The number of hydrogen-bond acceptors (Lipinski definition) is 3. The molecule has 0 bridgehead atoms. The second kappa shape index (κ2) is 4.60. The average Bonchev–Trinajstić information content (AvgIpc) is 2.02. The van der Waals surface area contributed by atoms with Crippen molar-refractivity contribution in [3.8, 4) is 0 Å². The van der Waals surface area contributed by atoms with Gasteiger partial charge in [0.25, 0.3) is 0 Å². The summed E-state index contributed by atoms with van der Waals surface area (Å²) < 4.78 is 5.48. The van der Waals surface area contributed by atoms with Crippen LogP contribution >= 0.6 is 0 Å². The number of aliphatic hydroxyl groups excluding tert-OH is 1. The molecule has 0 radical (unpaired) electrons. The second-order valence-corrected chi connectivity index (χ2v) is 5.08. The van der Waals surface area contributed by atoms with Crippen LogP contribution in [-0.2, 0) is 4.74 Å². The highest BCUT2D eigenvalue weighted by Crippen LogP contribution is 2.22. The van der Waals surface area contributed by atoms with Gasteiger partial charge in [-0.15, -0.1) is 0 Å². The van der Waals surface area contributed by atoms with E-state index in [1.165, 1.54) is 0 Å². The van der Waals surface area contributed by atoms with Gasteiger partial charge in [-0.25, -0.2) is 0 Å². The predicted octanol–water partition coefficient (Wildman–Crippen LogP) is 1.11. The molecule has 1 fully saturated rings. The van der Waals surface area contributed by atoms with Gasteiger partial charge in [0.1, 0.15) is 0 Å². The average molecular weight is 201 g/mol. The fourth-order valence-corrected chi connectivity index (χ4v) is 1.74. The fraction of sp³-hybridized carbons (Fsp3) is 1.00. The molecule has 1 aliphatic heterocycles. The smallest absolute Gasteiger partial charge is 0.0674 e. The van der Waals surface area contributed by atoms with Crippen LogP contribution in [0.25, 0.3) is 0 Å². The number of nitrogens with zero attached hydrogens (tertiary/aromatic N) is 1. The summed E-state index contributed by atoms with van der Waals surface area (Å²) in [6.45, 7) is 11.9. The lowest BCUT2D eigenvalue weighted by atomic mass is 9.86. The van der Waals surface area contributed by atoms with E-state index in [2.05, 4.69) is 25.7 Å². The normalized spacial score (nSPS) is 27.6. The maximum absolute atomic E-state index is 9.62. The molecule has 1 N–H and O–H groups in total. The van der Waals surface area contributed by atoms with Gasteiger partial charge in [0, 0.05) is 25.0 Å². The lowest BCUT2D eigenvalue weighted by molar-refractivity contribution is -0.0449. The van der Waals surface area contributed by atoms with Crippen molar-refractivity contribution in [2.45, 2.75) is 39.9 Å². The maximum Gasteiger partial charge on any atom is 0.0674 e. The van der Waals surface area contributed by atoms with Gasteiger partial charge in [0.05, 0.1) is 18.8 Å². The Bertz CT molecular complexity index is 180. The monoisotopic (exact) mass is 201 g/mol.